The molecule has 0 fully saturated rings. The number of nitrogens with zero attached hydrogens (tertiary/aromatic N) is 2. The summed E-state index contributed by atoms with van der Waals surface area (Å²) in [5.41, 5.74) is 0. The van der Waals surface area contributed by atoms with Gasteiger partial charge in [0.15, 0.2) is 0 Å². The Morgan fingerprint density at radius 3 is 2.89 bits per heavy atom. The molecule has 0 aliphatic rings. The lowest BCUT2D eigenvalue weighted by Gasteiger charge is -2.13. The van der Waals surface area contributed by atoms with Gasteiger partial charge in [-0.05, 0) is 6.42 Å². The fourth-order valence-corrected chi connectivity index (χ4v) is 1.52. The third-order valence-corrected chi connectivity index (χ3v) is 2.56. The van der Waals surface area contributed by atoms with E-state index in [1.165, 1.54) is 6.08 Å². The molecule has 104 valence electrons. The van der Waals surface area contributed by atoms with Crippen LogP contribution in [0.25, 0.3) is 0 Å². The Balaban J connectivity index is 2.33. The molecular formula is C12H18N4O3. The number of rotatable bonds is 7. The molecule has 1 rings (SSSR count). The lowest BCUT2D eigenvalue weighted by Crippen LogP contribution is -2.46. The topological polar surface area (TPSA) is 96.3 Å². The maximum Gasteiger partial charge on any atom is 0.326 e. The standard InChI is InChI=1S/C12H18N4O3/c1-3-4-9(11(17)18)15-12(19)14-6-5-10-13-7-8-16(10)2/h3,7-9H,1,4-6H2,2H3,(H,17,18)(H2,14,15,19). The van der Waals surface area contributed by atoms with E-state index in [0.29, 0.717) is 13.0 Å². The zero-order valence-corrected chi connectivity index (χ0v) is 10.8. The molecule has 1 heterocycles. The minimum atomic E-state index is -1.08. The van der Waals surface area contributed by atoms with Gasteiger partial charge in [0.1, 0.15) is 11.9 Å². The van der Waals surface area contributed by atoms with Gasteiger partial charge >= 0.3 is 12.0 Å². The Hall–Kier alpha value is -2.31. The van der Waals surface area contributed by atoms with Crippen LogP contribution in [-0.2, 0) is 18.3 Å². The van der Waals surface area contributed by atoms with Crippen LogP contribution < -0.4 is 10.6 Å². The number of aryl methyl sites for hydroxylation is 1. The Morgan fingerprint density at radius 1 is 1.63 bits per heavy atom. The molecule has 0 aliphatic heterocycles. The summed E-state index contributed by atoms with van der Waals surface area (Å²) >= 11 is 0. The number of aromatic nitrogens is 2. The number of carbonyl (C=O) groups excluding carboxylic acids is 1. The molecule has 1 atom stereocenters. The van der Waals surface area contributed by atoms with Gasteiger partial charge in [-0.15, -0.1) is 6.58 Å². The summed E-state index contributed by atoms with van der Waals surface area (Å²) in [6.45, 7) is 3.84. The number of imidazole rings is 1. The molecule has 1 aromatic rings. The zero-order chi connectivity index (χ0) is 14.3. The Morgan fingerprint density at radius 2 is 2.37 bits per heavy atom. The Kier molecular flexibility index (Phi) is 5.59. The second kappa shape index (κ2) is 7.20. The Bertz CT molecular complexity index is 456. The second-order valence-electron chi connectivity index (χ2n) is 4.02. The molecule has 0 spiro atoms. The quantitative estimate of drug-likeness (QED) is 0.618. The van der Waals surface area contributed by atoms with Gasteiger partial charge in [0.05, 0.1) is 0 Å². The maximum absolute atomic E-state index is 11.5. The number of carbonyl (C=O) groups is 2. The predicted octanol–water partition coefficient (Wildman–Crippen LogP) is 0.291. The molecule has 1 unspecified atom stereocenters. The summed E-state index contributed by atoms with van der Waals surface area (Å²) in [4.78, 5) is 26.4. The highest BCUT2D eigenvalue weighted by molar-refractivity contribution is 5.82. The molecule has 3 N–H and O–H groups in total. The van der Waals surface area contributed by atoms with Gasteiger partial charge in [0.2, 0.25) is 0 Å². The van der Waals surface area contributed by atoms with Crippen molar-refractivity contribution in [1.29, 1.82) is 0 Å². The van der Waals surface area contributed by atoms with Crippen molar-refractivity contribution in [2.45, 2.75) is 18.9 Å². The largest absolute Gasteiger partial charge is 0.480 e. The minimum Gasteiger partial charge on any atom is -0.480 e. The van der Waals surface area contributed by atoms with Gasteiger partial charge in [0.25, 0.3) is 0 Å². The molecule has 0 bridgehead atoms. The lowest BCUT2D eigenvalue weighted by atomic mass is 10.2. The molecule has 1 aromatic heterocycles. The molecule has 19 heavy (non-hydrogen) atoms. The van der Waals surface area contributed by atoms with Crippen LogP contribution in [0.5, 0.6) is 0 Å². The van der Waals surface area contributed by atoms with E-state index in [2.05, 4.69) is 22.2 Å². The lowest BCUT2D eigenvalue weighted by molar-refractivity contribution is -0.139. The van der Waals surface area contributed by atoms with Crippen molar-refractivity contribution in [3.63, 3.8) is 0 Å². The van der Waals surface area contributed by atoms with Crippen LogP contribution in [-0.4, -0.2) is 39.2 Å². The van der Waals surface area contributed by atoms with Crippen molar-refractivity contribution in [2.24, 2.45) is 7.05 Å². The number of carboxylic acids is 1. The fourth-order valence-electron chi connectivity index (χ4n) is 1.52. The Labute approximate surface area is 111 Å². The average molecular weight is 266 g/mol. The molecular weight excluding hydrogens is 248 g/mol. The summed E-state index contributed by atoms with van der Waals surface area (Å²) in [6.07, 6.45) is 5.71. The zero-order valence-electron chi connectivity index (χ0n) is 10.8. The van der Waals surface area contributed by atoms with E-state index in [1.54, 1.807) is 6.20 Å². The van der Waals surface area contributed by atoms with Crippen molar-refractivity contribution in [3.05, 3.63) is 30.9 Å². The van der Waals surface area contributed by atoms with Gasteiger partial charge in [-0.1, -0.05) is 6.08 Å². The van der Waals surface area contributed by atoms with Crippen LogP contribution >= 0.6 is 0 Å². The number of amides is 2. The summed E-state index contributed by atoms with van der Waals surface area (Å²) in [5, 5.41) is 13.8. The van der Waals surface area contributed by atoms with Crippen molar-refractivity contribution in [1.82, 2.24) is 20.2 Å². The smallest absolute Gasteiger partial charge is 0.326 e. The maximum atomic E-state index is 11.5. The fraction of sp³-hybridized carbons (Fsp3) is 0.417. The highest BCUT2D eigenvalue weighted by Crippen LogP contribution is 1.95. The molecule has 0 radical (unpaired) electrons. The summed E-state index contributed by atoms with van der Waals surface area (Å²) in [5.74, 6) is -0.236. The predicted molar refractivity (Wildman–Crippen MR) is 69.7 cm³/mol. The molecule has 0 saturated heterocycles. The van der Waals surface area contributed by atoms with E-state index in [9.17, 15) is 9.59 Å². The number of hydrogen-bond donors (Lipinski definition) is 3. The van der Waals surface area contributed by atoms with Gasteiger partial charge in [-0.3, -0.25) is 0 Å². The van der Waals surface area contributed by atoms with Crippen LogP contribution in [0, 0.1) is 0 Å². The third-order valence-electron chi connectivity index (χ3n) is 2.56. The molecule has 2 amide bonds. The van der Waals surface area contributed by atoms with Gasteiger partial charge < -0.3 is 20.3 Å². The van der Waals surface area contributed by atoms with E-state index in [1.807, 2.05) is 17.8 Å². The second-order valence-corrected chi connectivity index (χ2v) is 4.02. The average Bonchev–Trinajstić information content (AvgIpc) is 2.74. The number of hydrogen-bond acceptors (Lipinski definition) is 3. The highest BCUT2D eigenvalue weighted by atomic mass is 16.4. The number of urea groups is 1. The molecule has 0 saturated carbocycles. The molecule has 7 heteroatoms. The molecule has 0 aliphatic carbocycles. The van der Waals surface area contributed by atoms with Gasteiger partial charge in [-0.2, -0.15) is 0 Å². The third kappa shape index (κ3) is 4.82. The van der Waals surface area contributed by atoms with Crippen LogP contribution in [0.1, 0.15) is 12.2 Å². The first-order chi connectivity index (χ1) is 9.04. The van der Waals surface area contributed by atoms with Crippen LogP contribution in [0.2, 0.25) is 0 Å². The van der Waals surface area contributed by atoms with E-state index < -0.39 is 18.0 Å². The highest BCUT2D eigenvalue weighted by Gasteiger charge is 2.17. The monoisotopic (exact) mass is 266 g/mol. The van der Waals surface area contributed by atoms with Gasteiger partial charge in [0, 0.05) is 32.4 Å². The number of aliphatic carboxylic acids is 1. The first kappa shape index (κ1) is 14.7. The SMILES string of the molecule is C=CCC(NC(=O)NCCc1nccn1C)C(=O)O. The molecule has 0 aromatic carbocycles. The van der Waals surface area contributed by atoms with E-state index >= 15 is 0 Å². The minimum absolute atomic E-state index is 0.183. The van der Waals surface area contributed by atoms with E-state index in [0.717, 1.165) is 5.82 Å². The number of carboxylic acid groups (broad SMARTS) is 1. The van der Waals surface area contributed by atoms with Crippen LogP contribution in [0.4, 0.5) is 4.79 Å². The first-order valence-electron chi connectivity index (χ1n) is 5.89. The molecule has 7 nitrogen and oxygen atoms in total. The van der Waals surface area contributed by atoms with E-state index in [-0.39, 0.29) is 6.42 Å². The van der Waals surface area contributed by atoms with Gasteiger partial charge in [-0.25, -0.2) is 14.6 Å². The van der Waals surface area contributed by atoms with Crippen LogP contribution in [0.15, 0.2) is 25.0 Å². The van der Waals surface area contributed by atoms with Crippen molar-refractivity contribution in [2.75, 3.05) is 6.54 Å². The summed E-state index contributed by atoms with van der Waals surface area (Å²) < 4.78 is 1.86. The normalized spacial score (nSPS) is 11.6. The number of nitrogens with one attached hydrogen (secondary N) is 2. The first-order valence-corrected chi connectivity index (χ1v) is 5.89. The summed E-state index contributed by atoms with van der Waals surface area (Å²) in [6, 6.07) is -1.46. The summed E-state index contributed by atoms with van der Waals surface area (Å²) in [7, 11) is 1.87. The van der Waals surface area contributed by atoms with E-state index in [4.69, 9.17) is 5.11 Å². The van der Waals surface area contributed by atoms with Crippen molar-refractivity contribution in [3.8, 4) is 0 Å². The van der Waals surface area contributed by atoms with Crippen molar-refractivity contribution >= 4 is 12.0 Å². The van der Waals surface area contributed by atoms with Crippen LogP contribution in [0.3, 0.4) is 0 Å². The van der Waals surface area contributed by atoms with Crippen molar-refractivity contribution < 1.29 is 14.7 Å².